The van der Waals surface area contributed by atoms with Crippen LogP contribution in [0.4, 0.5) is 5.69 Å². The molecule has 0 spiro atoms. The molecule has 1 N–H and O–H groups in total. The Morgan fingerprint density at radius 2 is 2.00 bits per heavy atom. The summed E-state index contributed by atoms with van der Waals surface area (Å²) >= 11 is 1.70. The minimum absolute atomic E-state index is 0.000901. The van der Waals surface area contributed by atoms with Crippen molar-refractivity contribution in [2.75, 3.05) is 11.1 Å². The molecule has 0 unspecified atom stereocenters. The third-order valence-electron chi connectivity index (χ3n) is 4.22. The quantitative estimate of drug-likeness (QED) is 0.703. The molecule has 2 aromatic heterocycles. The summed E-state index contributed by atoms with van der Waals surface area (Å²) in [5.74, 6) is 0.745. The van der Waals surface area contributed by atoms with Gasteiger partial charge in [0.05, 0.1) is 17.6 Å². The van der Waals surface area contributed by atoms with E-state index in [1.165, 1.54) is 16.0 Å². The number of nitrogens with zero attached hydrogens (tertiary/aromatic N) is 3. The zero-order valence-electron chi connectivity index (χ0n) is 15.0. The van der Waals surface area contributed by atoms with Crippen molar-refractivity contribution in [3.63, 3.8) is 0 Å². The number of benzene rings is 1. The van der Waals surface area contributed by atoms with Crippen molar-refractivity contribution in [2.24, 2.45) is 7.05 Å². The van der Waals surface area contributed by atoms with Gasteiger partial charge in [-0.25, -0.2) is 4.98 Å². The van der Waals surface area contributed by atoms with E-state index in [4.69, 9.17) is 0 Å². The van der Waals surface area contributed by atoms with Crippen LogP contribution in [0.3, 0.4) is 0 Å². The molecule has 5 nitrogen and oxygen atoms in total. The first-order chi connectivity index (χ1) is 11.9. The molecule has 0 atom stereocenters. The lowest BCUT2D eigenvalue weighted by atomic mass is 10.1. The van der Waals surface area contributed by atoms with E-state index in [0.29, 0.717) is 12.1 Å². The lowest BCUT2D eigenvalue weighted by molar-refractivity contribution is -0.115. The van der Waals surface area contributed by atoms with Crippen molar-refractivity contribution >= 4 is 34.4 Å². The van der Waals surface area contributed by atoms with Crippen LogP contribution in [0.25, 0.3) is 11.0 Å². The summed E-state index contributed by atoms with van der Waals surface area (Å²) in [6.07, 6.45) is 2.14. The van der Waals surface area contributed by atoms with Gasteiger partial charge in [-0.3, -0.25) is 9.48 Å². The minimum atomic E-state index is -0.000901. The van der Waals surface area contributed by atoms with Crippen LogP contribution in [0.1, 0.15) is 23.2 Å². The highest BCUT2D eigenvalue weighted by Gasteiger charge is 2.09. The van der Waals surface area contributed by atoms with Crippen molar-refractivity contribution in [1.29, 1.82) is 0 Å². The summed E-state index contributed by atoms with van der Waals surface area (Å²) in [4.78, 5) is 17.8. The second kappa shape index (κ2) is 7.27. The Bertz CT molecular complexity index is 933. The van der Waals surface area contributed by atoms with Crippen LogP contribution in [0, 0.1) is 20.8 Å². The van der Waals surface area contributed by atoms with Crippen LogP contribution in [0.5, 0.6) is 0 Å². The van der Waals surface area contributed by atoms with Crippen LogP contribution < -0.4 is 5.32 Å². The molecule has 0 aliphatic rings. The lowest BCUT2D eigenvalue weighted by Crippen LogP contribution is -2.12. The Morgan fingerprint density at radius 1 is 1.20 bits per heavy atom. The number of rotatable bonds is 5. The van der Waals surface area contributed by atoms with Crippen LogP contribution >= 0.6 is 11.8 Å². The molecular weight excluding hydrogens is 332 g/mol. The zero-order chi connectivity index (χ0) is 18.0. The van der Waals surface area contributed by atoms with Gasteiger partial charge >= 0.3 is 0 Å². The number of thioether (sulfide) groups is 1. The number of aromatic nitrogens is 3. The van der Waals surface area contributed by atoms with Gasteiger partial charge in [0.1, 0.15) is 0 Å². The number of amides is 1. The number of carbonyl (C=O) groups excluding carboxylic acids is 1. The Kier molecular flexibility index (Phi) is 5.08. The van der Waals surface area contributed by atoms with Crippen molar-refractivity contribution in [3.8, 4) is 0 Å². The predicted molar refractivity (Wildman–Crippen MR) is 103 cm³/mol. The maximum atomic E-state index is 12.2. The van der Waals surface area contributed by atoms with Gasteiger partial charge in [-0.2, -0.15) is 5.10 Å². The first-order valence-electron chi connectivity index (χ1n) is 8.23. The van der Waals surface area contributed by atoms with Gasteiger partial charge in [-0.15, -0.1) is 11.8 Å². The van der Waals surface area contributed by atoms with Crippen LogP contribution in [-0.4, -0.2) is 26.4 Å². The highest BCUT2D eigenvalue weighted by atomic mass is 32.2. The Hall–Kier alpha value is -2.34. The van der Waals surface area contributed by atoms with Crippen molar-refractivity contribution in [2.45, 2.75) is 32.1 Å². The number of anilines is 1. The molecule has 3 rings (SSSR count). The molecule has 0 radical (unpaired) electrons. The molecule has 1 amide bonds. The Labute approximate surface area is 151 Å². The molecule has 130 valence electrons. The zero-order valence-corrected chi connectivity index (χ0v) is 15.8. The summed E-state index contributed by atoms with van der Waals surface area (Å²) in [6, 6.07) is 8.32. The molecule has 0 saturated carbocycles. The minimum Gasteiger partial charge on any atom is -0.325 e. The molecule has 0 aliphatic heterocycles. The van der Waals surface area contributed by atoms with Gasteiger partial charge in [0.2, 0.25) is 5.91 Å². The second-order valence-electron chi connectivity index (χ2n) is 6.20. The average Bonchev–Trinajstić information content (AvgIpc) is 2.85. The molecule has 2 heterocycles. The molecule has 0 saturated heterocycles. The standard InChI is InChI=1S/C19H22N4OS/c1-12-5-6-16(9-13(12)2)25-8-7-18(24)21-15-10-17-14(3)22-23(4)19(17)20-11-15/h5-6,9-11H,7-8H2,1-4H3,(H,21,24). The number of carbonyl (C=O) groups is 1. The average molecular weight is 354 g/mol. The molecule has 1 aromatic carbocycles. The molecule has 0 bridgehead atoms. The smallest absolute Gasteiger partial charge is 0.225 e. The molecule has 0 aliphatic carbocycles. The third kappa shape index (κ3) is 4.02. The van der Waals surface area contributed by atoms with Crippen LogP contribution in [0.15, 0.2) is 35.4 Å². The van der Waals surface area contributed by atoms with Gasteiger partial charge < -0.3 is 5.32 Å². The van der Waals surface area contributed by atoms with E-state index in [1.807, 2.05) is 20.0 Å². The van der Waals surface area contributed by atoms with E-state index in [9.17, 15) is 4.79 Å². The number of nitrogens with one attached hydrogen (secondary N) is 1. The fraction of sp³-hybridized carbons (Fsp3) is 0.316. The first kappa shape index (κ1) is 17.5. The molecule has 3 aromatic rings. The summed E-state index contributed by atoms with van der Waals surface area (Å²) in [5.41, 5.74) is 5.01. The molecule has 25 heavy (non-hydrogen) atoms. The summed E-state index contributed by atoms with van der Waals surface area (Å²) < 4.78 is 1.75. The largest absolute Gasteiger partial charge is 0.325 e. The van der Waals surface area contributed by atoms with Gasteiger partial charge in [0, 0.05) is 29.5 Å². The summed E-state index contributed by atoms with van der Waals surface area (Å²) in [6.45, 7) is 6.15. The van der Waals surface area contributed by atoms with Crippen molar-refractivity contribution in [1.82, 2.24) is 14.8 Å². The highest BCUT2D eigenvalue weighted by molar-refractivity contribution is 7.99. The van der Waals surface area contributed by atoms with E-state index >= 15 is 0 Å². The topological polar surface area (TPSA) is 59.8 Å². The van der Waals surface area contributed by atoms with Crippen LogP contribution in [0.2, 0.25) is 0 Å². The number of hydrogen-bond acceptors (Lipinski definition) is 4. The van der Waals surface area contributed by atoms with Crippen molar-refractivity contribution < 1.29 is 4.79 Å². The van der Waals surface area contributed by atoms with Crippen molar-refractivity contribution in [3.05, 3.63) is 47.3 Å². The molecule has 6 heteroatoms. The number of aryl methyl sites for hydroxylation is 4. The SMILES string of the molecule is Cc1ccc(SCCC(=O)Nc2cnc3c(c2)c(C)nn3C)cc1C. The Balaban J connectivity index is 1.57. The van der Waals surface area contributed by atoms with E-state index < -0.39 is 0 Å². The normalized spacial score (nSPS) is 11.0. The summed E-state index contributed by atoms with van der Waals surface area (Å²) in [7, 11) is 1.87. The number of hydrogen-bond donors (Lipinski definition) is 1. The van der Waals surface area contributed by atoms with Crippen LogP contribution in [-0.2, 0) is 11.8 Å². The number of pyridine rings is 1. The lowest BCUT2D eigenvalue weighted by Gasteiger charge is -2.07. The van der Waals surface area contributed by atoms with E-state index in [-0.39, 0.29) is 5.91 Å². The predicted octanol–water partition coefficient (Wildman–Crippen LogP) is 4.01. The van der Waals surface area contributed by atoms with E-state index in [2.05, 4.69) is 47.4 Å². The fourth-order valence-electron chi connectivity index (χ4n) is 2.67. The Morgan fingerprint density at radius 3 is 2.76 bits per heavy atom. The van der Waals surface area contributed by atoms with E-state index in [1.54, 1.807) is 22.6 Å². The molecular formula is C19H22N4OS. The molecule has 0 fully saturated rings. The maximum absolute atomic E-state index is 12.2. The van der Waals surface area contributed by atoms with Gasteiger partial charge in [0.25, 0.3) is 0 Å². The second-order valence-corrected chi connectivity index (χ2v) is 7.37. The third-order valence-corrected chi connectivity index (χ3v) is 5.22. The number of fused-ring (bicyclic) bond motifs is 1. The van der Waals surface area contributed by atoms with Gasteiger partial charge in [-0.1, -0.05) is 6.07 Å². The summed E-state index contributed by atoms with van der Waals surface area (Å²) in [5, 5.41) is 8.23. The maximum Gasteiger partial charge on any atom is 0.225 e. The van der Waals surface area contributed by atoms with Gasteiger partial charge in [0.15, 0.2) is 5.65 Å². The first-order valence-corrected chi connectivity index (χ1v) is 9.22. The monoisotopic (exact) mass is 354 g/mol. The van der Waals surface area contributed by atoms with Gasteiger partial charge in [-0.05, 0) is 50.1 Å². The fourth-order valence-corrected chi connectivity index (χ4v) is 3.61. The van der Waals surface area contributed by atoms with E-state index in [0.717, 1.165) is 22.5 Å². The highest BCUT2D eigenvalue weighted by Crippen LogP contribution is 2.22.